The molecule has 1 heterocycles. The quantitative estimate of drug-likeness (QED) is 0.724. The molecule has 24 heavy (non-hydrogen) atoms. The van der Waals surface area contributed by atoms with Crippen LogP contribution >= 0.6 is 11.8 Å². The van der Waals surface area contributed by atoms with Crippen LogP contribution < -0.4 is 5.32 Å². The highest BCUT2D eigenvalue weighted by Crippen LogP contribution is 2.19. The molecule has 0 saturated heterocycles. The number of anilines is 1. The van der Waals surface area contributed by atoms with Gasteiger partial charge in [-0.05, 0) is 54.1 Å². The Hall–Kier alpha value is -2.67. The molecule has 0 spiro atoms. The maximum atomic E-state index is 12.1. The van der Waals surface area contributed by atoms with Gasteiger partial charge >= 0.3 is 0 Å². The van der Waals surface area contributed by atoms with Crippen molar-refractivity contribution in [2.24, 2.45) is 0 Å². The molecule has 2 aromatic carbocycles. The van der Waals surface area contributed by atoms with Crippen molar-refractivity contribution in [1.29, 1.82) is 0 Å². The highest BCUT2D eigenvalue weighted by Gasteiger charge is 2.11. The van der Waals surface area contributed by atoms with Crippen molar-refractivity contribution in [3.05, 3.63) is 59.7 Å². The Balaban J connectivity index is 1.64. The maximum absolute atomic E-state index is 12.1. The van der Waals surface area contributed by atoms with Crippen molar-refractivity contribution >= 4 is 23.4 Å². The predicted molar refractivity (Wildman–Crippen MR) is 94.4 cm³/mol. The third kappa shape index (κ3) is 3.99. The number of benzene rings is 2. The summed E-state index contributed by atoms with van der Waals surface area (Å²) in [6, 6.07) is 15.6. The van der Waals surface area contributed by atoms with Gasteiger partial charge in [0.15, 0.2) is 0 Å². The van der Waals surface area contributed by atoms with Crippen molar-refractivity contribution in [3.8, 4) is 5.69 Å². The molecule has 0 aliphatic rings. The molecule has 0 unspecified atom stereocenters. The van der Waals surface area contributed by atoms with E-state index in [0.29, 0.717) is 5.16 Å². The third-order valence-corrected chi connectivity index (χ3v) is 4.27. The summed E-state index contributed by atoms with van der Waals surface area (Å²) in [5.74, 6) is 0.143. The molecule has 1 N–H and O–H groups in total. The number of carbonyl (C=O) groups excluding carboxylic acids is 1. The second kappa shape index (κ2) is 7.27. The fraction of sp³-hybridized carbons (Fsp3) is 0.176. The van der Waals surface area contributed by atoms with Crippen LogP contribution in [0, 0.1) is 13.8 Å². The van der Waals surface area contributed by atoms with Crippen molar-refractivity contribution < 1.29 is 4.79 Å². The fourth-order valence-corrected chi connectivity index (χ4v) is 2.86. The molecule has 122 valence electrons. The first-order valence-corrected chi connectivity index (χ1v) is 8.45. The zero-order valence-corrected chi connectivity index (χ0v) is 14.2. The number of rotatable bonds is 5. The molecule has 0 atom stereocenters. The molecule has 1 amide bonds. The topological polar surface area (TPSA) is 72.7 Å². The van der Waals surface area contributed by atoms with Gasteiger partial charge in [0.2, 0.25) is 11.1 Å². The minimum Gasteiger partial charge on any atom is -0.325 e. The second-order valence-corrected chi connectivity index (χ2v) is 6.36. The van der Waals surface area contributed by atoms with Gasteiger partial charge in [0.1, 0.15) is 0 Å². The Morgan fingerprint density at radius 2 is 1.92 bits per heavy atom. The summed E-state index contributed by atoms with van der Waals surface area (Å²) < 4.78 is 1.63. The first-order valence-electron chi connectivity index (χ1n) is 7.46. The van der Waals surface area contributed by atoms with E-state index < -0.39 is 0 Å². The van der Waals surface area contributed by atoms with Gasteiger partial charge in [-0.2, -0.15) is 4.68 Å². The normalized spacial score (nSPS) is 10.6. The molecule has 0 aliphatic heterocycles. The van der Waals surface area contributed by atoms with E-state index in [1.807, 2.05) is 62.4 Å². The summed E-state index contributed by atoms with van der Waals surface area (Å²) in [7, 11) is 0. The summed E-state index contributed by atoms with van der Waals surface area (Å²) in [5.41, 5.74) is 3.92. The molecular formula is C17H17N5OS. The van der Waals surface area contributed by atoms with E-state index >= 15 is 0 Å². The number of thioether (sulfide) groups is 1. The average Bonchev–Trinajstić information content (AvgIpc) is 3.02. The number of carbonyl (C=O) groups is 1. The van der Waals surface area contributed by atoms with Crippen LogP contribution in [0.2, 0.25) is 0 Å². The van der Waals surface area contributed by atoms with Crippen LogP contribution in [0.4, 0.5) is 5.69 Å². The largest absolute Gasteiger partial charge is 0.325 e. The van der Waals surface area contributed by atoms with Crippen molar-refractivity contribution in [3.63, 3.8) is 0 Å². The lowest BCUT2D eigenvalue weighted by molar-refractivity contribution is -0.113. The summed E-state index contributed by atoms with van der Waals surface area (Å²) in [5, 5.41) is 15.1. The summed E-state index contributed by atoms with van der Waals surface area (Å²) in [6.45, 7) is 4.01. The number of aryl methyl sites for hydroxylation is 2. The SMILES string of the molecule is Cc1ccc(-n2nnnc2SCC(=O)Nc2cccc(C)c2)cc1. The molecule has 0 bridgehead atoms. The summed E-state index contributed by atoms with van der Waals surface area (Å²) in [4.78, 5) is 12.1. The monoisotopic (exact) mass is 339 g/mol. The van der Waals surface area contributed by atoms with Crippen molar-refractivity contribution in [1.82, 2.24) is 20.2 Å². The third-order valence-electron chi connectivity index (χ3n) is 3.35. The van der Waals surface area contributed by atoms with E-state index in [4.69, 9.17) is 0 Å². The first kappa shape index (κ1) is 16.2. The van der Waals surface area contributed by atoms with E-state index in [2.05, 4.69) is 20.8 Å². The highest BCUT2D eigenvalue weighted by molar-refractivity contribution is 7.99. The van der Waals surface area contributed by atoms with E-state index in [1.165, 1.54) is 17.3 Å². The number of amides is 1. The second-order valence-electron chi connectivity index (χ2n) is 5.42. The molecule has 1 aromatic heterocycles. The molecular weight excluding hydrogens is 322 g/mol. The highest BCUT2D eigenvalue weighted by atomic mass is 32.2. The Morgan fingerprint density at radius 3 is 2.67 bits per heavy atom. The molecule has 0 aliphatic carbocycles. The average molecular weight is 339 g/mol. The van der Waals surface area contributed by atoms with Crippen LogP contribution in [-0.2, 0) is 4.79 Å². The van der Waals surface area contributed by atoms with Crippen LogP contribution in [0.5, 0.6) is 0 Å². The Labute approximate surface area is 144 Å². The number of hydrogen-bond donors (Lipinski definition) is 1. The number of nitrogens with one attached hydrogen (secondary N) is 1. The molecule has 7 heteroatoms. The minimum absolute atomic E-state index is 0.0935. The van der Waals surface area contributed by atoms with Gasteiger partial charge in [-0.3, -0.25) is 4.79 Å². The van der Waals surface area contributed by atoms with Crippen LogP contribution in [0.15, 0.2) is 53.7 Å². The molecule has 0 saturated carbocycles. The van der Waals surface area contributed by atoms with E-state index in [0.717, 1.165) is 16.9 Å². The molecule has 0 fully saturated rings. The zero-order valence-electron chi connectivity index (χ0n) is 13.4. The van der Waals surface area contributed by atoms with Gasteiger partial charge in [0.05, 0.1) is 11.4 Å². The standard InChI is InChI=1S/C17H17N5OS/c1-12-6-8-15(9-7-12)22-17(19-20-21-22)24-11-16(23)18-14-5-3-4-13(2)10-14/h3-10H,11H2,1-2H3,(H,18,23). The van der Waals surface area contributed by atoms with Crippen LogP contribution in [0.3, 0.4) is 0 Å². The lowest BCUT2D eigenvalue weighted by Crippen LogP contribution is -2.14. The number of nitrogens with zero attached hydrogens (tertiary/aromatic N) is 4. The number of hydrogen-bond acceptors (Lipinski definition) is 5. The summed E-state index contributed by atoms with van der Waals surface area (Å²) in [6.07, 6.45) is 0. The predicted octanol–water partition coefficient (Wildman–Crippen LogP) is 3.01. The molecule has 3 rings (SSSR count). The molecule has 3 aromatic rings. The van der Waals surface area contributed by atoms with Gasteiger partial charge in [0.25, 0.3) is 0 Å². The van der Waals surface area contributed by atoms with E-state index in [1.54, 1.807) is 4.68 Å². The molecule has 6 nitrogen and oxygen atoms in total. The Bertz CT molecular complexity index is 844. The maximum Gasteiger partial charge on any atom is 0.234 e. The van der Waals surface area contributed by atoms with Crippen LogP contribution in [0.25, 0.3) is 5.69 Å². The lowest BCUT2D eigenvalue weighted by Gasteiger charge is -2.06. The van der Waals surface area contributed by atoms with Crippen molar-refractivity contribution in [2.75, 3.05) is 11.1 Å². The fourth-order valence-electron chi connectivity index (χ4n) is 2.17. The minimum atomic E-state index is -0.0935. The van der Waals surface area contributed by atoms with Crippen molar-refractivity contribution in [2.45, 2.75) is 19.0 Å². The van der Waals surface area contributed by atoms with Gasteiger partial charge in [0, 0.05) is 5.69 Å². The Kier molecular flexibility index (Phi) is 4.90. The van der Waals surface area contributed by atoms with Gasteiger partial charge < -0.3 is 5.32 Å². The summed E-state index contributed by atoms with van der Waals surface area (Å²) >= 11 is 1.30. The van der Waals surface area contributed by atoms with Crippen LogP contribution in [0.1, 0.15) is 11.1 Å². The number of aromatic nitrogens is 4. The van der Waals surface area contributed by atoms with Gasteiger partial charge in [-0.25, -0.2) is 0 Å². The van der Waals surface area contributed by atoms with Gasteiger partial charge in [-0.15, -0.1) is 5.10 Å². The van der Waals surface area contributed by atoms with E-state index in [9.17, 15) is 4.79 Å². The van der Waals surface area contributed by atoms with Gasteiger partial charge in [-0.1, -0.05) is 41.6 Å². The lowest BCUT2D eigenvalue weighted by atomic mass is 10.2. The molecule has 0 radical (unpaired) electrons. The Morgan fingerprint density at radius 1 is 1.12 bits per heavy atom. The number of tetrazole rings is 1. The smallest absolute Gasteiger partial charge is 0.234 e. The zero-order chi connectivity index (χ0) is 16.9. The van der Waals surface area contributed by atoms with Crippen LogP contribution in [-0.4, -0.2) is 31.9 Å². The first-order chi connectivity index (χ1) is 11.6. The van der Waals surface area contributed by atoms with E-state index in [-0.39, 0.29) is 11.7 Å².